The van der Waals surface area contributed by atoms with Gasteiger partial charge in [0.15, 0.2) is 8.32 Å². The van der Waals surface area contributed by atoms with E-state index < -0.39 is 8.32 Å². The van der Waals surface area contributed by atoms with Crippen LogP contribution in [0.5, 0.6) is 0 Å². The minimum atomic E-state index is -1.80. The smallest absolute Gasteiger partial charge is 0.192 e. The summed E-state index contributed by atoms with van der Waals surface area (Å²) in [6, 6.07) is 2.23. The zero-order valence-corrected chi connectivity index (χ0v) is 17.5. The molecule has 5 rings (SSSR count). The number of fused-ring (bicyclic) bond motifs is 1. The Balaban J connectivity index is 1.68. The molecule has 2 aromatic heterocycles. The number of hydrogen-bond acceptors (Lipinski definition) is 5. The highest BCUT2D eigenvalue weighted by molar-refractivity contribution is 6.74. The molecule has 2 bridgehead atoms. The minimum absolute atomic E-state index is 0.0130. The Kier molecular flexibility index (Phi) is 3.28. The van der Waals surface area contributed by atoms with Gasteiger partial charge in [-0.25, -0.2) is 9.97 Å². The van der Waals surface area contributed by atoms with E-state index >= 15 is 0 Å². The molecule has 26 heavy (non-hydrogen) atoms. The molecule has 7 heteroatoms. The minimum Gasteiger partial charge on any atom is -0.411 e. The van der Waals surface area contributed by atoms with Gasteiger partial charge in [-0.3, -0.25) is 0 Å². The molecular weight excluding hydrogens is 342 g/mol. The number of nitriles is 1. The molecule has 2 N–H and O–H groups in total. The lowest BCUT2D eigenvalue weighted by atomic mass is 9.46. The van der Waals surface area contributed by atoms with Crippen LogP contribution < -0.4 is 5.73 Å². The first-order chi connectivity index (χ1) is 11.9. The van der Waals surface area contributed by atoms with Gasteiger partial charge in [-0.05, 0) is 44.3 Å². The quantitative estimate of drug-likeness (QED) is 0.830. The summed E-state index contributed by atoms with van der Waals surface area (Å²) >= 11 is 0. The van der Waals surface area contributed by atoms with E-state index in [2.05, 4.69) is 54.5 Å². The van der Waals surface area contributed by atoms with Crippen LogP contribution >= 0.6 is 0 Å². The molecule has 0 spiro atoms. The van der Waals surface area contributed by atoms with Crippen LogP contribution in [0.25, 0.3) is 11.0 Å². The number of aromatic nitrogens is 3. The molecule has 0 aliphatic heterocycles. The maximum atomic E-state index is 9.54. The van der Waals surface area contributed by atoms with Gasteiger partial charge >= 0.3 is 0 Å². The highest BCUT2D eigenvalue weighted by Gasteiger charge is 2.72. The van der Waals surface area contributed by atoms with Gasteiger partial charge in [-0.2, -0.15) is 5.26 Å². The second kappa shape index (κ2) is 4.87. The summed E-state index contributed by atoms with van der Waals surface area (Å²) < 4.78 is 8.82. The fourth-order valence-electron chi connectivity index (χ4n) is 4.45. The number of anilines is 1. The molecule has 0 unspecified atom stereocenters. The second-order valence-electron chi connectivity index (χ2n) is 9.66. The van der Waals surface area contributed by atoms with Crippen molar-refractivity contribution >= 4 is 25.2 Å². The lowest BCUT2D eigenvalue weighted by molar-refractivity contribution is -0.233. The summed E-state index contributed by atoms with van der Waals surface area (Å²) in [5, 5.41) is 10.5. The molecule has 3 fully saturated rings. The van der Waals surface area contributed by atoms with E-state index in [1.54, 1.807) is 6.20 Å². The van der Waals surface area contributed by atoms with Crippen molar-refractivity contribution < 1.29 is 4.43 Å². The van der Waals surface area contributed by atoms with Crippen LogP contribution in [0.15, 0.2) is 6.20 Å². The molecule has 0 aromatic carbocycles. The molecular formula is C19H27N5OSi. The predicted octanol–water partition coefficient (Wildman–Crippen LogP) is 3.85. The van der Waals surface area contributed by atoms with E-state index in [4.69, 9.17) is 10.2 Å². The Morgan fingerprint density at radius 2 is 1.92 bits per heavy atom. The van der Waals surface area contributed by atoms with Gasteiger partial charge in [0, 0.05) is 6.20 Å². The Bertz CT molecular complexity index is 943. The number of aryl methyl sites for hydroxylation is 1. The van der Waals surface area contributed by atoms with Gasteiger partial charge in [0.25, 0.3) is 0 Å². The molecule has 2 aromatic rings. The predicted molar refractivity (Wildman–Crippen MR) is 104 cm³/mol. The standard InChI is InChI=1S/C19H27N5OSi/c1-12-22-8-14-13(7-20)15(21)24(16(14)23-12)18-9-19(10-18,11-18)25-26(5,6)17(2,3)4/h8H,9-11,21H2,1-6H3. The van der Waals surface area contributed by atoms with E-state index in [1.807, 2.05) is 6.92 Å². The normalized spacial score (nSPS) is 27.7. The second-order valence-corrected chi connectivity index (χ2v) is 14.4. The van der Waals surface area contributed by atoms with Crippen LogP contribution in [0.4, 0.5) is 5.82 Å². The molecule has 0 saturated heterocycles. The summed E-state index contributed by atoms with van der Waals surface area (Å²) in [4.78, 5) is 8.85. The third-order valence-electron chi connectivity index (χ3n) is 6.68. The summed E-state index contributed by atoms with van der Waals surface area (Å²) in [6.45, 7) is 13.3. The number of nitrogens with zero attached hydrogens (tertiary/aromatic N) is 4. The van der Waals surface area contributed by atoms with Gasteiger partial charge in [0.1, 0.15) is 28.9 Å². The zero-order valence-electron chi connectivity index (χ0n) is 16.5. The summed E-state index contributed by atoms with van der Waals surface area (Å²) in [7, 11) is -1.80. The third-order valence-corrected chi connectivity index (χ3v) is 11.2. The lowest BCUT2D eigenvalue weighted by Gasteiger charge is -2.72. The van der Waals surface area contributed by atoms with Crippen LogP contribution in [-0.4, -0.2) is 28.5 Å². The van der Waals surface area contributed by atoms with Crippen LogP contribution in [0.2, 0.25) is 18.1 Å². The van der Waals surface area contributed by atoms with Gasteiger partial charge in [0.2, 0.25) is 0 Å². The van der Waals surface area contributed by atoms with Crippen molar-refractivity contribution in [3.05, 3.63) is 17.6 Å². The Morgan fingerprint density at radius 3 is 2.46 bits per heavy atom. The fourth-order valence-corrected chi connectivity index (χ4v) is 6.06. The highest BCUT2D eigenvalue weighted by Crippen LogP contribution is 2.69. The molecule has 2 heterocycles. The first-order valence-corrected chi connectivity index (χ1v) is 12.1. The molecule has 3 saturated carbocycles. The summed E-state index contributed by atoms with van der Waals surface area (Å²) in [5.41, 5.74) is 7.58. The number of nitrogen functional groups attached to an aromatic ring is 1. The van der Waals surface area contributed by atoms with Gasteiger partial charge in [-0.1, -0.05) is 20.8 Å². The van der Waals surface area contributed by atoms with Crippen molar-refractivity contribution in [2.75, 3.05) is 5.73 Å². The van der Waals surface area contributed by atoms with E-state index in [0.717, 1.165) is 30.3 Å². The van der Waals surface area contributed by atoms with Gasteiger partial charge in [0.05, 0.1) is 16.5 Å². The first kappa shape index (κ1) is 17.5. The van der Waals surface area contributed by atoms with Crippen molar-refractivity contribution in [3.63, 3.8) is 0 Å². The lowest BCUT2D eigenvalue weighted by Crippen LogP contribution is -2.75. The van der Waals surface area contributed by atoms with Crippen molar-refractivity contribution in [3.8, 4) is 6.07 Å². The monoisotopic (exact) mass is 369 g/mol. The Labute approximate surface area is 155 Å². The molecule has 138 valence electrons. The van der Waals surface area contributed by atoms with Gasteiger partial charge in [-0.15, -0.1) is 0 Å². The SMILES string of the molecule is Cc1ncc2c(C#N)c(N)n(C34CC(O[Si](C)(C)C(C)(C)C)(C3)C4)c2n1. The fraction of sp³-hybridized carbons (Fsp3) is 0.632. The first-order valence-electron chi connectivity index (χ1n) is 9.18. The Hall–Kier alpha value is -1.91. The zero-order chi connectivity index (χ0) is 19.1. The molecule has 3 aliphatic carbocycles. The molecule has 6 nitrogen and oxygen atoms in total. The van der Waals surface area contributed by atoms with Crippen molar-refractivity contribution in [2.24, 2.45) is 0 Å². The van der Waals surface area contributed by atoms with Crippen LogP contribution in [0.1, 0.15) is 51.4 Å². The third kappa shape index (κ3) is 2.12. The maximum absolute atomic E-state index is 9.54. The average Bonchev–Trinajstić information content (AvgIpc) is 2.71. The van der Waals surface area contributed by atoms with Crippen molar-refractivity contribution in [1.29, 1.82) is 5.26 Å². The summed E-state index contributed by atoms with van der Waals surface area (Å²) in [6.07, 6.45) is 4.58. The molecule has 0 atom stereocenters. The Morgan fingerprint density at radius 1 is 1.31 bits per heavy atom. The average molecular weight is 370 g/mol. The van der Waals surface area contributed by atoms with E-state index in [9.17, 15) is 5.26 Å². The number of rotatable bonds is 3. The van der Waals surface area contributed by atoms with Crippen LogP contribution in [0.3, 0.4) is 0 Å². The number of nitrogens with two attached hydrogens (primary N) is 1. The number of hydrogen-bond donors (Lipinski definition) is 1. The van der Waals surface area contributed by atoms with Crippen LogP contribution in [-0.2, 0) is 9.96 Å². The van der Waals surface area contributed by atoms with Crippen molar-refractivity contribution in [2.45, 2.75) is 76.2 Å². The molecule has 0 radical (unpaired) electrons. The topological polar surface area (TPSA) is 89.8 Å². The van der Waals surface area contributed by atoms with E-state index in [1.165, 1.54) is 0 Å². The van der Waals surface area contributed by atoms with Gasteiger partial charge < -0.3 is 14.7 Å². The largest absolute Gasteiger partial charge is 0.411 e. The van der Waals surface area contributed by atoms with E-state index in [-0.39, 0.29) is 16.2 Å². The maximum Gasteiger partial charge on any atom is 0.192 e. The molecule has 0 amide bonds. The van der Waals surface area contributed by atoms with Crippen molar-refractivity contribution in [1.82, 2.24) is 14.5 Å². The van der Waals surface area contributed by atoms with Crippen LogP contribution in [0, 0.1) is 18.3 Å². The summed E-state index contributed by atoms with van der Waals surface area (Å²) in [5.74, 6) is 1.21. The highest BCUT2D eigenvalue weighted by atomic mass is 28.4. The van der Waals surface area contributed by atoms with E-state index in [0.29, 0.717) is 17.2 Å². The molecule has 3 aliphatic rings.